The molecule has 27 heavy (non-hydrogen) atoms. The predicted octanol–water partition coefficient (Wildman–Crippen LogP) is 5.43. The van der Waals surface area contributed by atoms with Crippen LogP contribution in [0.4, 0.5) is 5.69 Å². The van der Waals surface area contributed by atoms with Crippen LogP contribution >= 0.6 is 23.2 Å². The predicted molar refractivity (Wildman–Crippen MR) is 113 cm³/mol. The number of carbonyl (C=O) groups is 1. The second-order valence-corrected chi connectivity index (χ2v) is 8.23. The molecule has 3 nitrogen and oxygen atoms in total. The van der Waals surface area contributed by atoms with Gasteiger partial charge in [-0.25, -0.2) is 0 Å². The maximum absolute atomic E-state index is 12.5. The number of hydrogen-bond donors (Lipinski definition) is 0. The standard InChI is InChI=1S/C22H24Cl2N2O/c23-19-7-4-17(15-20(19)24)16-5-8-21-18(14-16)6-9-22(27)26(21)13-12-25-10-2-1-3-11-25/h4-5,7-8,14-15H,1-3,6,9-13H2. The van der Waals surface area contributed by atoms with E-state index in [0.717, 1.165) is 49.4 Å². The lowest BCUT2D eigenvalue weighted by Crippen LogP contribution is -2.42. The molecule has 2 heterocycles. The maximum Gasteiger partial charge on any atom is 0.227 e. The van der Waals surface area contributed by atoms with Gasteiger partial charge in [-0.2, -0.15) is 0 Å². The van der Waals surface area contributed by atoms with Gasteiger partial charge in [0.05, 0.1) is 10.0 Å². The molecule has 142 valence electrons. The molecular formula is C22H24Cl2N2O. The van der Waals surface area contributed by atoms with Crippen LogP contribution in [-0.4, -0.2) is 37.0 Å². The molecule has 2 aromatic carbocycles. The first-order chi connectivity index (χ1) is 13.1. The molecule has 1 fully saturated rings. The fourth-order valence-electron chi connectivity index (χ4n) is 4.08. The van der Waals surface area contributed by atoms with E-state index in [2.05, 4.69) is 23.1 Å². The summed E-state index contributed by atoms with van der Waals surface area (Å²) >= 11 is 12.2. The monoisotopic (exact) mass is 402 g/mol. The third-order valence-electron chi connectivity index (χ3n) is 5.62. The number of carbonyl (C=O) groups excluding carboxylic acids is 1. The van der Waals surface area contributed by atoms with E-state index in [1.54, 1.807) is 0 Å². The van der Waals surface area contributed by atoms with Crippen LogP contribution in [0.3, 0.4) is 0 Å². The molecule has 0 bridgehead atoms. The Morgan fingerprint density at radius 3 is 2.33 bits per heavy atom. The van der Waals surface area contributed by atoms with Gasteiger partial charge in [0.1, 0.15) is 0 Å². The van der Waals surface area contributed by atoms with Crippen molar-refractivity contribution in [3.63, 3.8) is 0 Å². The van der Waals surface area contributed by atoms with E-state index in [-0.39, 0.29) is 5.91 Å². The largest absolute Gasteiger partial charge is 0.311 e. The van der Waals surface area contributed by atoms with Crippen molar-refractivity contribution in [3.05, 3.63) is 52.0 Å². The molecule has 2 aliphatic heterocycles. The molecule has 1 saturated heterocycles. The normalized spacial score (nSPS) is 17.9. The number of rotatable bonds is 4. The first kappa shape index (κ1) is 18.8. The van der Waals surface area contributed by atoms with E-state index < -0.39 is 0 Å². The van der Waals surface area contributed by atoms with E-state index in [0.29, 0.717) is 16.5 Å². The van der Waals surface area contributed by atoms with Crippen molar-refractivity contribution < 1.29 is 4.79 Å². The lowest BCUT2D eigenvalue weighted by molar-refractivity contribution is -0.118. The summed E-state index contributed by atoms with van der Waals surface area (Å²) in [5.41, 5.74) is 4.45. The summed E-state index contributed by atoms with van der Waals surface area (Å²) in [5, 5.41) is 1.12. The van der Waals surface area contributed by atoms with Crippen molar-refractivity contribution in [1.82, 2.24) is 4.90 Å². The molecule has 0 unspecified atom stereocenters. The number of likely N-dealkylation sites (tertiary alicyclic amines) is 1. The lowest BCUT2D eigenvalue weighted by atomic mass is 9.96. The van der Waals surface area contributed by atoms with Crippen molar-refractivity contribution >= 4 is 34.8 Å². The van der Waals surface area contributed by atoms with Gasteiger partial charge in [-0.1, -0.05) is 41.8 Å². The average Bonchev–Trinajstić information content (AvgIpc) is 2.70. The second kappa shape index (κ2) is 8.22. The van der Waals surface area contributed by atoms with Crippen LogP contribution in [0, 0.1) is 0 Å². The van der Waals surface area contributed by atoms with Gasteiger partial charge in [-0.15, -0.1) is 0 Å². The van der Waals surface area contributed by atoms with Crippen LogP contribution < -0.4 is 4.90 Å². The fraction of sp³-hybridized carbons (Fsp3) is 0.409. The first-order valence-corrected chi connectivity index (χ1v) is 10.5. The smallest absolute Gasteiger partial charge is 0.227 e. The number of fused-ring (bicyclic) bond motifs is 1. The van der Waals surface area contributed by atoms with Crippen LogP contribution in [-0.2, 0) is 11.2 Å². The number of halogens is 2. The third kappa shape index (κ3) is 4.16. The third-order valence-corrected chi connectivity index (χ3v) is 6.36. The van der Waals surface area contributed by atoms with Crippen molar-refractivity contribution in [2.24, 2.45) is 0 Å². The van der Waals surface area contributed by atoms with Crippen molar-refractivity contribution in [2.75, 3.05) is 31.1 Å². The Hall–Kier alpha value is -1.55. The number of anilines is 1. The van der Waals surface area contributed by atoms with Gasteiger partial charge in [-0.3, -0.25) is 4.79 Å². The molecule has 5 heteroatoms. The highest BCUT2D eigenvalue weighted by molar-refractivity contribution is 6.42. The van der Waals surface area contributed by atoms with E-state index >= 15 is 0 Å². The molecule has 0 aliphatic carbocycles. The Balaban J connectivity index is 1.55. The number of hydrogen-bond acceptors (Lipinski definition) is 2. The van der Waals surface area contributed by atoms with Crippen LogP contribution in [0.5, 0.6) is 0 Å². The summed E-state index contributed by atoms with van der Waals surface area (Å²) < 4.78 is 0. The molecular weight excluding hydrogens is 379 g/mol. The van der Waals surface area contributed by atoms with Gasteiger partial charge in [0.2, 0.25) is 5.91 Å². The zero-order valence-electron chi connectivity index (χ0n) is 15.4. The highest BCUT2D eigenvalue weighted by Crippen LogP contribution is 2.34. The minimum atomic E-state index is 0.238. The lowest BCUT2D eigenvalue weighted by Gasteiger charge is -2.33. The molecule has 2 aromatic rings. The van der Waals surface area contributed by atoms with Crippen molar-refractivity contribution in [1.29, 1.82) is 0 Å². The van der Waals surface area contributed by atoms with Crippen LogP contribution in [0.1, 0.15) is 31.2 Å². The minimum Gasteiger partial charge on any atom is -0.311 e. The highest BCUT2D eigenvalue weighted by atomic mass is 35.5. The number of nitrogens with zero attached hydrogens (tertiary/aromatic N) is 2. The van der Waals surface area contributed by atoms with Crippen molar-refractivity contribution in [2.45, 2.75) is 32.1 Å². The summed E-state index contributed by atoms with van der Waals surface area (Å²) in [6.07, 6.45) is 5.26. The molecule has 0 spiro atoms. The van der Waals surface area contributed by atoms with Gasteiger partial charge in [0.25, 0.3) is 0 Å². The average molecular weight is 403 g/mol. The summed E-state index contributed by atoms with van der Waals surface area (Å²) in [6, 6.07) is 12.1. The Kier molecular flexibility index (Phi) is 5.72. The van der Waals surface area contributed by atoms with E-state index in [9.17, 15) is 4.79 Å². The summed E-state index contributed by atoms with van der Waals surface area (Å²) in [4.78, 5) is 17.0. The zero-order chi connectivity index (χ0) is 18.8. The quantitative estimate of drug-likeness (QED) is 0.680. The number of aryl methyl sites for hydroxylation is 1. The zero-order valence-corrected chi connectivity index (χ0v) is 16.9. The second-order valence-electron chi connectivity index (χ2n) is 7.42. The topological polar surface area (TPSA) is 23.6 Å². The summed E-state index contributed by atoms with van der Waals surface area (Å²) in [7, 11) is 0. The number of benzene rings is 2. The first-order valence-electron chi connectivity index (χ1n) is 9.73. The molecule has 0 saturated carbocycles. The van der Waals surface area contributed by atoms with E-state index in [4.69, 9.17) is 23.2 Å². The van der Waals surface area contributed by atoms with E-state index in [1.807, 2.05) is 23.1 Å². The molecule has 0 aromatic heterocycles. The SMILES string of the molecule is O=C1CCc2cc(-c3ccc(Cl)c(Cl)c3)ccc2N1CCN1CCCCC1. The van der Waals surface area contributed by atoms with Gasteiger partial charge in [0.15, 0.2) is 0 Å². The van der Waals surface area contributed by atoms with Gasteiger partial charge in [0, 0.05) is 25.2 Å². The molecule has 4 rings (SSSR count). The number of amides is 1. The summed E-state index contributed by atoms with van der Waals surface area (Å²) in [5.74, 6) is 0.238. The fourth-order valence-corrected chi connectivity index (χ4v) is 4.38. The van der Waals surface area contributed by atoms with Crippen LogP contribution in [0.15, 0.2) is 36.4 Å². The molecule has 0 N–H and O–H groups in total. The van der Waals surface area contributed by atoms with E-state index in [1.165, 1.54) is 24.8 Å². The number of piperidine rings is 1. The maximum atomic E-state index is 12.5. The molecule has 2 aliphatic rings. The minimum absolute atomic E-state index is 0.238. The molecule has 0 atom stereocenters. The Morgan fingerprint density at radius 1 is 0.815 bits per heavy atom. The van der Waals surface area contributed by atoms with Crippen LogP contribution in [0.25, 0.3) is 11.1 Å². The Labute approximate surface area is 170 Å². The van der Waals surface area contributed by atoms with Crippen molar-refractivity contribution in [3.8, 4) is 11.1 Å². The van der Waals surface area contributed by atoms with Gasteiger partial charge < -0.3 is 9.80 Å². The molecule has 1 amide bonds. The Bertz CT molecular complexity index is 846. The summed E-state index contributed by atoms with van der Waals surface area (Å²) in [6.45, 7) is 4.05. The molecule has 0 radical (unpaired) electrons. The van der Waals surface area contributed by atoms with Crippen LogP contribution in [0.2, 0.25) is 10.0 Å². The Morgan fingerprint density at radius 2 is 1.56 bits per heavy atom. The highest BCUT2D eigenvalue weighted by Gasteiger charge is 2.25. The van der Waals surface area contributed by atoms with Gasteiger partial charge >= 0.3 is 0 Å². The van der Waals surface area contributed by atoms with Gasteiger partial charge in [-0.05, 0) is 73.3 Å².